The molecule has 3 aromatic rings. The number of nitrogens with zero attached hydrogens (tertiary/aromatic N) is 3. The molecule has 0 saturated heterocycles. The molecule has 1 N–H and O–H groups in total. The van der Waals surface area contributed by atoms with Crippen LogP contribution in [-0.2, 0) is 0 Å². The zero-order valence-electron chi connectivity index (χ0n) is 18.9. The van der Waals surface area contributed by atoms with Crippen LogP contribution in [0.5, 0.6) is 11.5 Å². The Balaban J connectivity index is 1.84. The van der Waals surface area contributed by atoms with E-state index in [1.54, 1.807) is 22.1 Å². The van der Waals surface area contributed by atoms with Crippen LogP contribution in [0.4, 0.5) is 8.78 Å². The normalized spacial score (nSPS) is 20.4. The van der Waals surface area contributed by atoms with Gasteiger partial charge in [0, 0.05) is 17.8 Å². The van der Waals surface area contributed by atoms with Gasteiger partial charge in [0.25, 0.3) is 5.91 Å². The van der Waals surface area contributed by atoms with Crippen molar-refractivity contribution in [2.45, 2.75) is 25.4 Å². The lowest BCUT2D eigenvalue weighted by Crippen LogP contribution is -2.57. The molecular weight excluding hydrogens is 456 g/mol. The lowest BCUT2D eigenvalue weighted by molar-refractivity contribution is 0.0626. The fraction of sp³-hybridized carbons (Fsp3) is 0.231. The van der Waals surface area contributed by atoms with Crippen molar-refractivity contribution in [3.63, 3.8) is 0 Å². The maximum absolute atomic E-state index is 15.1. The van der Waals surface area contributed by atoms with E-state index in [1.807, 2.05) is 37.3 Å². The van der Waals surface area contributed by atoms with Crippen LogP contribution >= 0.6 is 0 Å². The molecule has 0 spiro atoms. The smallest absolute Gasteiger partial charge is 0.278 e. The number of halogens is 2. The Bertz CT molecular complexity index is 1370. The summed E-state index contributed by atoms with van der Waals surface area (Å²) in [6.45, 7) is 1.91. The van der Waals surface area contributed by atoms with Crippen molar-refractivity contribution in [1.82, 2.24) is 9.58 Å². The third-order valence-corrected chi connectivity index (χ3v) is 6.38. The van der Waals surface area contributed by atoms with Gasteiger partial charge in [-0.05, 0) is 30.2 Å². The van der Waals surface area contributed by atoms with Crippen molar-refractivity contribution in [3.05, 3.63) is 106 Å². The highest BCUT2D eigenvalue weighted by Gasteiger charge is 2.40. The summed E-state index contributed by atoms with van der Waals surface area (Å²) in [5.74, 6) is -3.58. The monoisotopic (exact) mass is 479 g/mol. The van der Waals surface area contributed by atoms with Gasteiger partial charge >= 0.3 is 0 Å². The molecule has 9 heteroatoms. The molecule has 0 unspecified atom stereocenters. The van der Waals surface area contributed by atoms with Crippen LogP contribution in [0.1, 0.15) is 41.0 Å². The first-order chi connectivity index (χ1) is 16.9. The molecular formula is C26H23F2N3O4. The molecule has 2 atom stereocenters. The van der Waals surface area contributed by atoms with Gasteiger partial charge in [0.2, 0.25) is 11.2 Å². The number of hydrogen-bond donors (Lipinski definition) is 1. The number of hydrogen-bond acceptors (Lipinski definition) is 5. The summed E-state index contributed by atoms with van der Waals surface area (Å²) < 4.78 is 36.5. The van der Waals surface area contributed by atoms with Gasteiger partial charge in [-0.2, -0.15) is 4.39 Å². The van der Waals surface area contributed by atoms with Crippen molar-refractivity contribution >= 4 is 5.91 Å². The fourth-order valence-corrected chi connectivity index (χ4v) is 4.68. The Hall–Kier alpha value is -4.14. The standard InChI is InChI=1S/C26H23F2N3O4/c1-2-17-9-6-14-35-25-18(10-11-19(27)21(25)28)22(16-7-4-3-5-8-16)31-15-29(17)26(34)23-24(33)20(32)12-13-30(23)31/h3-13,17,22,33H,2,14-15H2,1H3/b9-6-/t17-,22-/m1/s1. The van der Waals surface area contributed by atoms with E-state index in [0.717, 1.165) is 12.1 Å². The molecule has 2 aromatic carbocycles. The second-order valence-electron chi connectivity index (χ2n) is 8.39. The minimum absolute atomic E-state index is 0.0382. The number of pyridine rings is 1. The van der Waals surface area contributed by atoms with Gasteiger partial charge in [-0.1, -0.05) is 43.3 Å². The topological polar surface area (TPSA) is 75.0 Å². The van der Waals surface area contributed by atoms with E-state index in [4.69, 9.17) is 4.74 Å². The first-order valence-electron chi connectivity index (χ1n) is 11.3. The molecule has 0 saturated carbocycles. The molecule has 35 heavy (non-hydrogen) atoms. The quantitative estimate of drug-likeness (QED) is 0.568. The second kappa shape index (κ2) is 8.90. The Morgan fingerprint density at radius 2 is 1.86 bits per heavy atom. The van der Waals surface area contributed by atoms with Crippen molar-refractivity contribution in [1.29, 1.82) is 0 Å². The van der Waals surface area contributed by atoms with E-state index < -0.39 is 40.8 Å². The average molecular weight is 479 g/mol. The van der Waals surface area contributed by atoms with Crippen LogP contribution in [0, 0.1) is 11.6 Å². The van der Waals surface area contributed by atoms with Gasteiger partial charge in [0.1, 0.15) is 19.3 Å². The van der Waals surface area contributed by atoms with Gasteiger partial charge in [0.05, 0.1) is 6.04 Å². The number of carbonyl (C=O) groups excluding carboxylic acids is 1. The summed E-state index contributed by atoms with van der Waals surface area (Å²) in [5, 5.41) is 12.4. The molecule has 180 valence electrons. The predicted molar refractivity (Wildman–Crippen MR) is 125 cm³/mol. The lowest BCUT2D eigenvalue weighted by atomic mass is 9.96. The lowest BCUT2D eigenvalue weighted by Gasteiger charge is -2.45. The van der Waals surface area contributed by atoms with Crippen LogP contribution < -0.4 is 15.2 Å². The molecule has 1 aromatic heterocycles. The zero-order chi connectivity index (χ0) is 24.7. The first-order valence-corrected chi connectivity index (χ1v) is 11.3. The van der Waals surface area contributed by atoms with Crippen molar-refractivity contribution in [2.24, 2.45) is 0 Å². The molecule has 2 aliphatic heterocycles. The number of carbonyl (C=O) groups is 1. The number of fused-ring (bicyclic) bond motifs is 5. The maximum atomic E-state index is 15.1. The molecule has 1 amide bonds. The van der Waals surface area contributed by atoms with Crippen LogP contribution in [0.25, 0.3) is 0 Å². The van der Waals surface area contributed by atoms with E-state index in [-0.39, 0.29) is 24.7 Å². The van der Waals surface area contributed by atoms with Gasteiger partial charge in [-0.15, -0.1) is 0 Å². The van der Waals surface area contributed by atoms with E-state index in [2.05, 4.69) is 0 Å². The summed E-state index contributed by atoms with van der Waals surface area (Å²) in [6, 6.07) is 11.6. The first kappa shape index (κ1) is 22.6. The summed E-state index contributed by atoms with van der Waals surface area (Å²) in [4.78, 5) is 27.4. The Labute approximate surface area is 200 Å². The Kier molecular flexibility index (Phi) is 5.76. The van der Waals surface area contributed by atoms with Crippen LogP contribution in [0.2, 0.25) is 0 Å². The highest BCUT2D eigenvalue weighted by molar-refractivity contribution is 5.96. The van der Waals surface area contributed by atoms with E-state index in [1.165, 1.54) is 16.9 Å². The largest absolute Gasteiger partial charge is 0.502 e. The average Bonchev–Trinajstić information content (AvgIpc) is 2.89. The minimum Gasteiger partial charge on any atom is -0.502 e. The zero-order valence-corrected chi connectivity index (χ0v) is 18.9. The molecule has 0 fully saturated rings. The second-order valence-corrected chi connectivity index (χ2v) is 8.39. The van der Waals surface area contributed by atoms with Crippen molar-refractivity contribution < 1.29 is 23.4 Å². The van der Waals surface area contributed by atoms with E-state index in [9.17, 15) is 19.1 Å². The highest BCUT2D eigenvalue weighted by atomic mass is 19.2. The van der Waals surface area contributed by atoms with Crippen LogP contribution in [-0.4, -0.2) is 39.9 Å². The van der Waals surface area contributed by atoms with Crippen molar-refractivity contribution in [2.75, 3.05) is 18.3 Å². The van der Waals surface area contributed by atoms with Gasteiger partial charge in [0.15, 0.2) is 23.0 Å². The summed E-state index contributed by atoms with van der Waals surface area (Å²) >= 11 is 0. The molecule has 2 aliphatic rings. The van der Waals surface area contributed by atoms with Gasteiger partial charge in [-0.25, -0.2) is 4.39 Å². The molecule has 0 radical (unpaired) electrons. The van der Waals surface area contributed by atoms with E-state index in [0.29, 0.717) is 17.5 Å². The summed E-state index contributed by atoms with van der Waals surface area (Å²) in [5.41, 5.74) is 0.159. The molecule has 7 nitrogen and oxygen atoms in total. The fourth-order valence-electron chi connectivity index (χ4n) is 4.68. The van der Waals surface area contributed by atoms with Crippen molar-refractivity contribution in [3.8, 4) is 11.5 Å². The van der Waals surface area contributed by atoms with Gasteiger partial charge in [-0.3, -0.25) is 19.3 Å². The molecule has 2 bridgehead atoms. The number of amides is 1. The molecule has 0 aliphatic carbocycles. The predicted octanol–water partition coefficient (Wildman–Crippen LogP) is 3.70. The molecule has 3 heterocycles. The SMILES string of the molecule is CC[C@@H]1/C=C\COc2c(ccc(F)c2F)[C@@H](c2ccccc2)N2CN1C(=O)c1c(O)c(=O)ccn12. The Morgan fingerprint density at radius 1 is 1.09 bits per heavy atom. The van der Waals surface area contributed by atoms with Crippen LogP contribution in [0.3, 0.4) is 0 Å². The number of benzene rings is 2. The Morgan fingerprint density at radius 3 is 2.60 bits per heavy atom. The third kappa shape index (κ3) is 3.73. The van der Waals surface area contributed by atoms with Gasteiger partial charge < -0.3 is 14.7 Å². The number of ether oxygens (including phenoxy) is 1. The number of aromatic hydroxyl groups is 1. The minimum atomic E-state index is -1.11. The number of rotatable bonds is 2. The van der Waals surface area contributed by atoms with Crippen LogP contribution in [0.15, 0.2) is 71.7 Å². The molecule has 5 rings (SSSR count). The van der Waals surface area contributed by atoms with E-state index >= 15 is 4.39 Å². The summed E-state index contributed by atoms with van der Waals surface area (Å²) in [7, 11) is 0. The number of aromatic nitrogens is 1. The maximum Gasteiger partial charge on any atom is 0.278 e. The third-order valence-electron chi connectivity index (χ3n) is 6.38. The summed E-state index contributed by atoms with van der Waals surface area (Å²) in [6.07, 6.45) is 5.35. The highest BCUT2D eigenvalue weighted by Crippen LogP contribution is 2.39.